The number of hydrogen-bond donors (Lipinski definition) is 2. The molecular weight excluding hydrogens is 256 g/mol. The molecule has 1 aliphatic rings. The standard InChI is InChI=1S/C14H24N4O2/c1-11(12(2)18-7-3-6-16-18)15-10-14(19)17-13-4-8-20-9-5-13/h3,6-7,11-13,15H,4-5,8-10H2,1-2H3,(H,17,19)/t11-,12+/m1/s1. The fraction of sp³-hybridized carbons (Fsp3) is 0.714. The summed E-state index contributed by atoms with van der Waals surface area (Å²) in [6.45, 7) is 5.97. The molecule has 6 heteroatoms. The van der Waals surface area contributed by atoms with Crippen molar-refractivity contribution in [3.63, 3.8) is 0 Å². The molecule has 1 amide bonds. The Labute approximate surface area is 119 Å². The number of ether oxygens (including phenoxy) is 1. The molecule has 2 heterocycles. The fourth-order valence-electron chi connectivity index (χ4n) is 2.30. The molecule has 6 nitrogen and oxygen atoms in total. The van der Waals surface area contributed by atoms with Crippen molar-refractivity contribution < 1.29 is 9.53 Å². The third-order valence-corrected chi connectivity index (χ3v) is 3.84. The van der Waals surface area contributed by atoms with Gasteiger partial charge in [-0.1, -0.05) is 0 Å². The molecule has 1 fully saturated rings. The van der Waals surface area contributed by atoms with Crippen LogP contribution in [0, 0.1) is 0 Å². The monoisotopic (exact) mass is 280 g/mol. The summed E-state index contributed by atoms with van der Waals surface area (Å²) in [5, 5.41) is 10.5. The van der Waals surface area contributed by atoms with Gasteiger partial charge in [-0.25, -0.2) is 0 Å². The van der Waals surface area contributed by atoms with Gasteiger partial charge in [-0.15, -0.1) is 0 Å². The van der Waals surface area contributed by atoms with Crippen LogP contribution in [0.4, 0.5) is 0 Å². The van der Waals surface area contributed by atoms with Crippen molar-refractivity contribution in [2.75, 3.05) is 19.8 Å². The van der Waals surface area contributed by atoms with Gasteiger partial charge in [0, 0.05) is 37.7 Å². The molecule has 20 heavy (non-hydrogen) atoms. The minimum Gasteiger partial charge on any atom is -0.381 e. The van der Waals surface area contributed by atoms with E-state index in [-0.39, 0.29) is 24.0 Å². The van der Waals surface area contributed by atoms with Crippen LogP contribution in [0.5, 0.6) is 0 Å². The summed E-state index contributed by atoms with van der Waals surface area (Å²) < 4.78 is 7.17. The Bertz CT molecular complexity index is 401. The molecule has 1 aliphatic heterocycles. The van der Waals surface area contributed by atoms with Gasteiger partial charge in [0.15, 0.2) is 0 Å². The van der Waals surface area contributed by atoms with Gasteiger partial charge < -0.3 is 15.4 Å². The molecule has 2 N–H and O–H groups in total. The molecule has 0 aromatic carbocycles. The van der Waals surface area contributed by atoms with Gasteiger partial charge in [-0.2, -0.15) is 5.10 Å². The number of aromatic nitrogens is 2. The maximum absolute atomic E-state index is 11.9. The van der Waals surface area contributed by atoms with Gasteiger partial charge in [-0.05, 0) is 32.8 Å². The number of hydrogen-bond acceptors (Lipinski definition) is 4. The summed E-state index contributed by atoms with van der Waals surface area (Å²) in [4.78, 5) is 11.9. The maximum atomic E-state index is 11.9. The number of carbonyl (C=O) groups is 1. The Morgan fingerprint density at radius 1 is 1.45 bits per heavy atom. The van der Waals surface area contributed by atoms with E-state index in [2.05, 4.69) is 29.6 Å². The van der Waals surface area contributed by atoms with E-state index in [1.807, 2.05) is 16.9 Å². The highest BCUT2D eigenvalue weighted by molar-refractivity contribution is 5.78. The third kappa shape index (κ3) is 4.31. The lowest BCUT2D eigenvalue weighted by Crippen LogP contribution is -2.45. The first-order valence-corrected chi connectivity index (χ1v) is 7.26. The minimum atomic E-state index is 0.0522. The topological polar surface area (TPSA) is 68.2 Å². The predicted molar refractivity (Wildman–Crippen MR) is 76.4 cm³/mol. The molecule has 2 atom stereocenters. The van der Waals surface area contributed by atoms with Crippen molar-refractivity contribution >= 4 is 5.91 Å². The van der Waals surface area contributed by atoms with Crippen LogP contribution in [0.2, 0.25) is 0 Å². The summed E-state index contributed by atoms with van der Waals surface area (Å²) in [6, 6.07) is 2.55. The van der Waals surface area contributed by atoms with E-state index in [9.17, 15) is 4.79 Å². The van der Waals surface area contributed by atoms with Crippen molar-refractivity contribution in [2.45, 2.75) is 44.8 Å². The van der Waals surface area contributed by atoms with Crippen molar-refractivity contribution in [2.24, 2.45) is 0 Å². The highest BCUT2D eigenvalue weighted by atomic mass is 16.5. The molecule has 2 rings (SSSR count). The van der Waals surface area contributed by atoms with E-state index >= 15 is 0 Å². The summed E-state index contributed by atoms with van der Waals surface area (Å²) in [7, 11) is 0. The number of nitrogens with one attached hydrogen (secondary N) is 2. The number of rotatable bonds is 6. The maximum Gasteiger partial charge on any atom is 0.234 e. The molecule has 112 valence electrons. The zero-order valence-electron chi connectivity index (χ0n) is 12.2. The molecule has 0 spiro atoms. The van der Waals surface area contributed by atoms with Gasteiger partial charge in [0.05, 0.1) is 12.6 Å². The highest BCUT2D eigenvalue weighted by Crippen LogP contribution is 2.09. The lowest BCUT2D eigenvalue weighted by Gasteiger charge is -2.25. The Kier molecular flexibility index (Phi) is 5.55. The Morgan fingerprint density at radius 3 is 2.85 bits per heavy atom. The molecular formula is C14H24N4O2. The largest absolute Gasteiger partial charge is 0.381 e. The van der Waals surface area contributed by atoms with E-state index in [0.29, 0.717) is 6.54 Å². The first kappa shape index (κ1) is 15.0. The Hall–Kier alpha value is -1.40. The molecule has 1 saturated heterocycles. The zero-order valence-corrected chi connectivity index (χ0v) is 12.2. The second kappa shape index (κ2) is 7.40. The van der Waals surface area contributed by atoms with Crippen LogP contribution in [0.3, 0.4) is 0 Å². The number of amides is 1. The average Bonchev–Trinajstić information content (AvgIpc) is 2.99. The SMILES string of the molecule is C[C@@H](NCC(=O)NC1CCOCC1)[C@H](C)n1cccn1. The van der Waals surface area contributed by atoms with Crippen LogP contribution in [0.15, 0.2) is 18.5 Å². The third-order valence-electron chi connectivity index (χ3n) is 3.84. The van der Waals surface area contributed by atoms with Gasteiger partial charge in [0.25, 0.3) is 0 Å². The predicted octanol–water partition coefficient (Wildman–Crippen LogP) is 0.717. The van der Waals surface area contributed by atoms with E-state index in [1.165, 1.54) is 0 Å². The normalized spacial score (nSPS) is 19.5. The summed E-state index contributed by atoms with van der Waals surface area (Å²) in [5.74, 6) is 0.0522. The van der Waals surface area contributed by atoms with Crippen LogP contribution in [0.25, 0.3) is 0 Å². The molecule has 0 radical (unpaired) electrons. The highest BCUT2D eigenvalue weighted by Gasteiger charge is 2.18. The van der Waals surface area contributed by atoms with E-state index in [1.54, 1.807) is 6.20 Å². The lowest BCUT2D eigenvalue weighted by atomic mass is 10.1. The second-order valence-electron chi connectivity index (χ2n) is 5.35. The van der Waals surface area contributed by atoms with E-state index in [0.717, 1.165) is 26.1 Å². The molecule has 0 saturated carbocycles. The molecule has 0 aliphatic carbocycles. The first-order valence-electron chi connectivity index (χ1n) is 7.26. The van der Waals surface area contributed by atoms with Crippen molar-refractivity contribution in [3.05, 3.63) is 18.5 Å². The molecule has 1 aromatic rings. The van der Waals surface area contributed by atoms with Crippen LogP contribution >= 0.6 is 0 Å². The van der Waals surface area contributed by atoms with Crippen molar-refractivity contribution in [3.8, 4) is 0 Å². The fourth-order valence-corrected chi connectivity index (χ4v) is 2.30. The minimum absolute atomic E-state index is 0.0522. The van der Waals surface area contributed by atoms with E-state index < -0.39 is 0 Å². The quantitative estimate of drug-likeness (QED) is 0.805. The lowest BCUT2D eigenvalue weighted by molar-refractivity contribution is -0.121. The number of carbonyl (C=O) groups excluding carboxylic acids is 1. The van der Waals surface area contributed by atoms with Crippen molar-refractivity contribution in [1.29, 1.82) is 0 Å². The van der Waals surface area contributed by atoms with Crippen LogP contribution in [-0.2, 0) is 9.53 Å². The summed E-state index contributed by atoms with van der Waals surface area (Å²) in [6.07, 6.45) is 5.52. The van der Waals surface area contributed by atoms with Crippen molar-refractivity contribution in [1.82, 2.24) is 20.4 Å². The first-order chi connectivity index (χ1) is 9.66. The van der Waals surface area contributed by atoms with Crippen LogP contribution in [0.1, 0.15) is 32.7 Å². The number of nitrogens with zero attached hydrogens (tertiary/aromatic N) is 2. The van der Waals surface area contributed by atoms with Gasteiger partial charge >= 0.3 is 0 Å². The van der Waals surface area contributed by atoms with Gasteiger partial charge in [0.2, 0.25) is 5.91 Å². The van der Waals surface area contributed by atoms with E-state index in [4.69, 9.17) is 4.74 Å². The molecule has 0 unspecified atom stereocenters. The van der Waals surface area contributed by atoms with Gasteiger partial charge in [0.1, 0.15) is 0 Å². The Morgan fingerprint density at radius 2 is 2.20 bits per heavy atom. The van der Waals surface area contributed by atoms with Crippen LogP contribution in [-0.4, -0.2) is 47.5 Å². The van der Waals surface area contributed by atoms with Crippen LogP contribution < -0.4 is 10.6 Å². The molecule has 1 aromatic heterocycles. The smallest absolute Gasteiger partial charge is 0.234 e. The zero-order chi connectivity index (χ0) is 14.4. The molecule has 0 bridgehead atoms. The average molecular weight is 280 g/mol. The van der Waals surface area contributed by atoms with Gasteiger partial charge in [-0.3, -0.25) is 9.48 Å². The summed E-state index contributed by atoms with van der Waals surface area (Å²) >= 11 is 0. The summed E-state index contributed by atoms with van der Waals surface area (Å²) in [5.41, 5.74) is 0. The Balaban J connectivity index is 1.69. The second-order valence-corrected chi connectivity index (χ2v) is 5.35.